The van der Waals surface area contributed by atoms with Crippen LogP contribution in [0.2, 0.25) is 0 Å². The Balaban J connectivity index is 2.25. The summed E-state index contributed by atoms with van der Waals surface area (Å²) in [5.74, 6) is 1.01. The first-order valence-corrected chi connectivity index (χ1v) is 5.73. The van der Waals surface area contributed by atoms with Crippen molar-refractivity contribution in [3.05, 3.63) is 43.0 Å². The van der Waals surface area contributed by atoms with Crippen LogP contribution in [0.1, 0.15) is 0 Å². The van der Waals surface area contributed by atoms with E-state index in [1.54, 1.807) is 6.08 Å². The van der Waals surface area contributed by atoms with Gasteiger partial charge in [-0.1, -0.05) is 24.3 Å². The van der Waals surface area contributed by atoms with Crippen molar-refractivity contribution in [2.45, 2.75) is 6.10 Å². The summed E-state index contributed by atoms with van der Waals surface area (Å²) in [4.78, 5) is 3.98. The predicted molar refractivity (Wildman–Crippen MR) is 72.6 cm³/mol. The van der Waals surface area contributed by atoms with E-state index >= 15 is 0 Å². The number of nitrogens with zero attached hydrogens (tertiary/aromatic N) is 1. The highest BCUT2D eigenvalue weighted by Gasteiger charge is 2.04. The number of aliphatic hydroxyl groups excluding tert-OH is 1. The second kappa shape index (κ2) is 8.14. The van der Waals surface area contributed by atoms with Crippen molar-refractivity contribution < 1.29 is 9.84 Å². The zero-order valence-corrected chi connectivity index (χ0v) is 10.2. The second-order valence-electron chi connectivity index (χ2n) is 3.67. The number of hydrogen-bond donors (Lipinski definition) is 3. The molecule has 0 spiro atoms. The summed E-state index contributed by atoms with van der Waals surface area (Å²) in [7, 11) is 0. The minimum atomic E-state index is -0.686. The molecule has 1 aromatic carbocycles. The minimum absolute atomic E-state index is 0.183. The van der Waals surface area contributed by atoms with Crippen molar-refractivity contribution in [2.75, 3.05) is 19.7 Å². The quantitative estimate of drug-likeness (QED) is 0.374. The van der Waals surface area contributed by atoms with Crippen LogP contribution in [0.3, 0.4) is 0 Å². The van der Waals surface area contributed by atoms with E-state index in [4.69, 9.17) is 10.5 Å². The van der Waals surface area contributed by atoms with Gasteiger partial charge in [0.2, 0.25) is 0 Å². The third-order valence-corrected chi connectivity index (χ3v) is 2.09. The van der Waals surface area contributed by atoms with Crippen LogP contribution < -0.4 is 15.8 Å². The summed E-state index contributed by atoms with van der Waals surface area (Å²) in [6, 6.07) is 9.31. The number of rotatable bonds is 7. The Kier molecular flexibility index (Phi) is 6.35. The summed E-state index contributed by atoms with van der Waals surface area (Å²) in [6.07, 6.45) is 0.992. The highest BCUT2D eigenvalue weighted by molar-refractivity contribution is 5.77. The van der Waals surface area contributed by atoms with Gasteiger partial charge in [0.25, 0.3) is 0 Å². The number of ether oxygens (including phenoxy) is 1. The number of guanidine groups is 1. The zero-order valence-electron chi connectivity index (χ0n) is 10.2. The lowest BCUT2D eigenvalue weighted by atomic mass is 10.3. The molecule has 0 aliphatic carbocycles. The Labute approximate surface area is 107 Å². The Morgan fingerprint density at radius 3 is 2.89 bits per heavy atom. The van der Waals surface area contributed by atoms with Crippen LogP contribution in [-0.4, -0.2) is 36.9 Å². The van der Waals surface area contributed by atoms with E-state index in [9.17, 15) is 5.11 Å². The molecule has 4 N–H and O–H groups in total. The number of nitrogens with two attached hydrogens (primary N) is 1. The maximum absolute atomic E-state index is 9.65. The van der Waals surface area contributed by atoms with E-state index < -0.39 is 6.10 Å². The van der Waals surface area contributed by atoms with E-state index in [-0.39, 0.29) is 19.1 Å². The average Bonchev–Trinajstić information content (AvgIpc) is 2.41. The van der Waals surface area contributed by atoms with Crippen LogP contribution in [0.25, 0.3) is 0 Å². The van der Waals surface area contributed by atoms with Gasteiger partial charge in [0.15, 0.2) is 5.96 Å². The number of nitrogens with one attached hydrogen (secondary N) is 1. The highest BCUT2D eigenvalue weighted by Crippen LogP contribution is 2.08. The topological polar surface area (TPSA) is 79.9 Å². The van der Waals surface area contributed by atoms with Gasteiger partial charge in [-0.15, -0.1) is 6.58 Å². The number of hydrogen-bond acceptors (Lipinski definition) is 3. The van der Waals surface area contributed by atoms with E-state index in [0.29, 0.717) is 6.54 Å². The highest BCUT2D eigenvalue weighted by atomic mass is 16.5. The van der Waals surface area contributed by atoms with Gasteiger partial charge in [0.05, 0.1) is 6.54 Å². The molecule has 0 unspecified atom stereocenters. The van der Waals surface area contributed by atoms with Crippen molar-refractivity contribution in [3.8, 4) is 5.75 Å². The van der Waals surface area contributed by atoms with Crippen LogP contribution in [0.15, 0.2) is 48.0 Å². The lowest BCUT2D eigenvalue weighted by Gasteiger charge is -2.10. The molecule has 18 heavy (non-hydrogen) atoms. The number of benzene rings is 1. The van der Waals surface area contributed by atoms with Crippen molar-refractivity contribution in [3.63, 3.8) is 0 Å². The fraction of sp³-hybridized carbons (Fsp3) is 0.308. The van der Waals surface area contributed by atoms with E-state index in [2.05, 4.69) is 16.9 Å². The van der Waals surface area contributed by atoms with Crippen LogP contribution in [-0.2, 0) is 0 Å². The first-order valence-electron chi connectivity index (χ1n) is 5.73. The molecule has 0 aromatic heterocycles. The molecule has 1 aromatic rings. The predicted octanol–water partition coefficient (Wildman–Crippen LogP) is 0.517. The maximum atomic E-state index is 9.65. The molecule has 1 rings (SSSR count). The molecule has 0 radical (unpaired) electrons. The largest absolute Gasteiger partial charge is 0.491 e. The van der Waals surface area contributed by atoms with Crippen molar-refractivity contribution in [1.82, 2.24) is 5.32 Å². The van der Waals surface area contributed by atoms with Crippen LogP contribution in [0, 0.1) is 0 Å². The van der Waals surface area contributed by atoms with Crippen molar-refractivity contribution >= 4 is 5.96 Å². The normalized spacial score (nSPS) is 12.8. The summed E-state index contributed by atoms with van der Waals surface area (Å²) < 4.78 is 5.38. The molecule has 0 fully saturated rings. The maximum Gasteiger partial charge on any atom is 0.188 e. The number of aliphatic imine (C=N–C) groups is 1. The fourth-order valence-electron chi connectivity index (χ4n) is 1.20. The second-order valence-corrected chi connectivity index (χ2v) is 3.67. The average molecular weight is 249 g/mol. The molecular weight excluding hydrogens is 230 g/mol. The molecule has 0 saturated carbocycles. The van der Waals surface area contributed by atoms with Gasteiger partial charge in [0, 0.05) is 6.54 Å². The van der Waals surface area contributed by atoms with E-state index in [0.717, 1.165) is 5.75 Å². The Bertz CT molecular complexity index is 379. The van der Waals surface area contributed by atoms with Gasteiger partial charge >= 0.3 is 0 Å². The Morgan fingerprint density at radius 1 is 1.50 bits per heavy atom. The van der Waals surface area contributed by atoms with Crippen molar-refractivity contribution in [1.29, 1.82) is 0 Å². The van der Waals surface area contributed by atoms with Gasteiger partial charge < -0.3 is 20.9 Å². The third-order valence-electron chi connectivity index (χ3n) is 2.09. The lowest BCUT2D eigenvalue weighted by molar-refractivity contribution is 0.114. The van der Waals surface area contributed by atoms with Crippen LogP contribution >= 0.6 is 0 Å². The lowest BCUT2D eigenvalue weighted by Crippen LogP contribution is -2.33. The standard InChI is InChI=1S/C13H19N3O2/c1-2-8-15-13(14)16-9-11(17)10-18-12-6-4-3-5-7-12/h2-7,11,17H,1,8-10H2,(H3,14,15,16)/t11-/m1/s1. The van der Waals surface area contributed by atoms with Gasteiger partial charge in [-0.05, 0) is 12.1 Å². The van der Waals surface area contributed by atoms with Gasteiger partial charge in [-0.3, -0.25) is 4.99 Å². The molecule has 0 bridgehead atoms. The summed E-state index contributed by atoms with van der Waals surface area (Å²) in [5, 5.41) is 12.5. The first-order chi connectivity index (χ1) is 8.72. The molecule has 5 heteroatoms. The van der Waals surface area contributed by atoms with Crippen LogP contribution in [0.5, 0.6) is 5.75 Å². The zero-order chi connectivity index (χ0) is 13.2. The molecule has 0 aliphatic rings. The van der Waals surface area contributed by atoms with Crippen LogP contribution in [0.4, 0.5) is 0 Å². The third kappa shape index (κ3) is 5.91. The SMILES string of the molecule is C=CCNC(N)=NC[C@@H](O)COc1ccccc1. The first kappa shape index (κ1) is 14.1. The smallest absolute Gasteiger partial charge is 0.188 e. The monoisotopic (exact) mass is 249 g/mol. The molecule has 5 nitrogen and oxygen atoms in total. The Morgan fingerprint density at radius 2 is 2.22 bits per heavy atom. The minimum Gasteiger partial charge on any atom is -0.491 e. The summed E-state index contributed by atoms with van der Waals surface area (Å²) in [5.41, 5.74) is 5.55. The number of para-hydroxylation sites is 1. The molecule has 0 amide bonds. The Hall–Kier alpha value is -2.01. The summed E-state index contributed by atoms with van der Waals surface area (Å²) >= 11 is 0. The van der Waals surface area contributed by atoms with Gasteiger partial charge in [0.1, 0.15) is 18.5 Å². The van der Waals surface area contributed by atoms with E-state index in [1.807, 2.05) is 30.3 Å². The molecule has 0 aliphatic heterocycles. The number of aliphatic hydroxyl groups is 1. The fourth-order valence-corrected chi connectivity index (χ4v) is 1.20. The molecular formula is C13H19N3O2. The molecule has 1 atom stereocenters. The van der Waals surface area contributed by atoms with Crippen molar-refractivity contribution in [2.24, 2.45) is 10.7 Å². The summed E-state index contributed by atoms with van der Waals surface area (Å²) in [6.45, 7) is 4.48. The molecule has 0 saturated heterocycles. The molecule has 0 heterocycles. The van der Waals surface area contributed by atoms with Gasteiger partial charge in [-0.25, -0.2) is 0 Å². The van der Waals surface area contributed by atoms with Gasteiger partial charge in [-0.2, -0.15) is 0 Å². The molecule has 98 valence electrons. The van der Waals surface area contributed by atoms with E-state index in [1.165, 1.54) is 0 Å².